The van der Waals surface area contributed by atoms with Crippen molar-refractivity contribution in [3.05, 3.63) is 70.3 Å². The van der Waals surface area contributed by atoms with E-state index in [4.69, 9.17) is 4.74 Å². The highest BCUT2D eigenvalue weighted by Gasteiger charge is 2.49. The van der Waals surface area contributed by atoms with Gasteiger partial charge >= 0.3 is 18.1 Å². The number of hydrogen-bond donors (Lipinski definition) is 0. The first-order valence-electron chi connectivity index (χ1n) is 9.98. The number of carbonyl (C=O) groups excluding carboxylic acids is 3. The molecule has 3 atom stereocenters. The van der Waals surface area contributed by atoms with Crippen LogP contribution < -0.4 is 0 Å². The van der Waals surface area contributed by atoms with Crippen LogP contribution in [-0.2, 0) is 14.3 Å². The Morgan fingerprint density at radius 1 is 0.875 bits per heavy atom. The first-order valence-corrected chi connectivity index (χ1v) is 9.98. The minimum atomic E-state index is -4.97. The number of carbonyl (C=O) groups is 3. The number of alkyl halides is 3. The van der Waals surface area contributed by atoms with E-state index in [0.717, 1.165) is 12.5 Å². The quantitative estimate of drug-likeness (QED) is 0.332. The smallest absolute Gasteiger partial charge is 0.425 e. The van der Waals surface area contributed by atoms with Crippen LogP contribution in [0.3, 0.4) is 0 Å². The van der Waals surface area contributed by atoms with Crippen molar-refractivity contribution in [1.82, 2.24) is 0 Å². The maximum atomic E-state index is 13.7. The molecule has 0 amide bonds. The molecule has 0 heterocycles. The van der Waals surface area contributed by atoms with Gasteiger partial charge in [0.2, 0.25) is 6.10 Å². The van der Waals surface area contributed by atoms with Gasteiger partial charge in [-0.15, -0.1) is 0 Å². The topological polar surface area (TPSA) is 69.7 Å². The molecule has 32 heavy (non-hydrogen) atoms. The lowest BCUT2D eigenvalue weighted by Gasteiger charge is -2.29. The molecule has 0 saturated heterocycles. The van der Waals surface area contributed by atoms with Crippen molar-refractivity contribution < 1.29 is 37.0 Å². The van der Waals surface area contributed by atoms with Gasteiger partial charge in [-0.1, -0.05) is 42.8 Å². The van der Waals surface area contributed by atoms with E-state index in [1.807, 2.05) is 0 Å². The first kappa shape index (κ1) is 25.1. The molecule has 8 heteroatoms. The van der Waals surface area contributed by atoms with Crippen LogP contribution in [0, 0.1) is 26.7 Å². The molecule has 0 aromatic heterocycles. The molecular weight excluding hydrogens is 425 g/mol. The number of halogens is 3. The summed E-state index contributed by atoms with van der Waals surface area (Å²) in [4.78, 5) is 37.2. The zero-order valence-corrected chi connectivity index (χ0v) is 18.4. The third-order valence-corrected chi connectivity index (χ3v) is 5.17. The van der Waals surface area contributed by atoms with Crippen molar-refractivity contribution in [1.29, 1.82) is 0 Å². The highest BCUT2D eigenvalue weighted by Crippen LogP contribution is 2.32. The molecule has 0 aliphatic rings. The molecule has 0 aliphatic carbocycles. The third kappa shape index (κ3) is 5.96. The first-order chi connectivity index (χ1) is 14.8. The largest absolute Gasteiger partial charge is 0.459 e. The summed E-state index contributed by atoms with van der Waals surface area (Å²) in [6.45, 7) is 7.40. The van der Waals surface area contributed by atoms with Crippen molar-refractivity contribution in [3.63, 3.8) is 0 Å². The van der Waals surface area contributed by atoms with Crippen LogP contribution in [0.5, 0.6) is 0 Å². The molecule has 0 N–H and O–H groups in total. The molecule has 0 fully saturated rings. The number of esters is 2. The number of hydrogen-bond acceptors (Lipinski definition) is 5. The summed E-state index contributed by atoms with van der Waals surface area (Å²) in [5.41, 5.74) is 1.96. The molecule has 2 aromatic carbocycles. The Balaban J connectivity index is 2.20. The van der Waals surface area contributed by atoms with Crippen LogP contribution in [0.1, 0.15) is 51.3 Å². The fourth-order valence-electron chi connectivity index (χ4n) is 3.45. The van der Waals surface area contributed by atoms with E-state index < -0.39 is 42.0 Å². The van der Waals surface area contributed by atoms with Crippen LogP contribution in [-0.4, -0.2) is 36.1 Å². The lowest BCUT2D eigenvalue weighted by atomic mass is 9.96. The van der Waals surface area contributed by atoms with E-state index in [-0.39, 0.29) is 11.1 Å². The second-order valence-electron chi connectivity index (χ2n) is 7.81. The van der Waals surface area contributed by atoms with E-state index in [1.54, 1.807) is 51.1 Å². The van der Waals surface area contributed by atoms with Crippen molar-refractivity contribution in [2.24, 2.45) is 5.92 Å². The molecule has 2 aromatic rings. The Kier molecular flexibility index (Phi) is 7.83. The molecule has 5 nitrogen and oxygen atoms in total. The van der Waals surface area contributed by atoms with Crippen LogP contribution >= 0.6 is 0 Å². The average Bonchev–Trinajstić information content (AvgIpc) is 2.70. The standard InChI is InChI=1S/C24H25F3O5/c1-13-11-14(2)19(15(3)12-13)20(28)23(30)32-21(24(25,26)27)16(4)17(5)31-22(29)18-9-7-6-8-10-18/h6-12,16-17,21H,1-5H3. The van der Waals surface area contributed by atoms with Gasteiger partial charge in [0.15, 0.2) is 0 Å². The summed E-state index contributed by atoms with van der Waals surface area (Å²) < 4.78 is 50.9. The third-order valence-electron chi connectivity index (χ3n) is 5.17. The molecule has 0 saturated carbocycles. The number of ketones is 1. The second-order valence-corrected chi connectivity index (χ2v) is 7.81. The predicted octanol–water partition coefficient (Wildman–Crippen LogP) is 5.15. The van der Waals surface area contributed by atoms with Crippen LogP contribution in [0.15, 0.2) is 42.5 Å². The highest BCUT2D eigenvalue weighted by molar-refractivity contribution is 6.41. The average molecular weight is 450 g/mol. The minimum absolute atomic E-state index is 0.0118. The summed E-state index contributed by atoms with van der Waals surface area (Å²) in [5.74, 6) is -5.04. The summed E-state index contributed by atoms with van der Waals surface area (Å²) in [7, 11) is 0. The Morgan fingerprint density at radius 2 is 1.41 bits per heavy atom. The number of Topliss-reactive ketones (excluding diaryl/α,β-unsaturated/α-hetero) is 1. The number of ether oxygens (including phenoxy) is 2. The van der Waals surface area contributed by atoms with Crippen LogP contribution in [0.25, 0.3) is 0 Å². The molecule has 2 rings (SSSR count). The van der Waals surface area contributed by atoms with Crippen molar-refractivity contribution in [2.75, 3.05) is 0 Å². The molecule has 0 bridgehead atoms. The minimum Gasteiger partial charge on any atom is -0.459 e. The number of aryl methyl sites for hydroxylation is 3. The van der Waals surface area contributed by atoms with Gasteiger partial charge in [0.25, 0.3) is 5.78 Å². The van der Waals surface area contributed by atoms with Gasteiger partial charge < -0.3 is 9.47 Å². The van der Waals surface area contributed by atoms with Crippen LogP contribution in [0.2, 0.25) is 0 Å². The monoisotopic (exact) mass is 450 g/mol. The zero-order chi connectivity index (χ0) is 24.2. The number of rotatable bonds is 7. The summed E-state index contributed by atoms with van der Waals surface area (Å²) in [6.07, 6.45) is -8.86. The molecule has 3 unspecified atom stereocenters. The molecule has 0 aliphatic heterocycles. The van der Waals surface area contributed by atoms with Gasteiger partial charge in [0.05, 0.1) is 5.56 Å². The fourth-order valence-corrected chi connectivity index (χ4v) is 3.45. The van der Waals surface area contributed by atoms with E-state index in [9.17, 15) is 27.6 Å². The van der Waals surface area contributed by atoms with Gasteiger partial charge in [-0.3, -0.25) is 4.79 Å². The normalized spacial score (nSPS) is 14.2. The molecular formula is C24H25F3O5. The van der Waals surface area contributed by atoms with Gasteiger partial charge in [-0.25, -0.2) is 9.59 Å². The van der Waals surface area contributed by atoms with E-state index in [2.05, 4.69) is 4.74 Å². The van der Waals surface area contributed by atoms with Gasteiger partial charge in [0, 0.05) is 11.5 Å². The van der Waals surface area contributed by atoms with Gasteiger partial charge in [-0.2, -0.15) is 13.2 Å². The Morgan fingerprint density at radius 3 is 1.91 bits per heavy atom. The highest BCUT2D eigenvalue weighted by atomic mass is 19.4. The maximum Gasteiger partial charge on any atom is 0.425 e. The van der Waals surface area contributed by atoms with Crippen molar-refractivity contribution in [2.45, 2.75) is 53.0 Å². The maximum absolute atomic E-state index is 13.7. The Labute approximate surface area is 184 Å². The van der Waals surface area contributed by atoms with E-state index in [0.29, 0.717) is 11.1 Å². The van der Waals surface area contributed by atoms with Crippen molar-refractivity contribution >= 4 is 17.7 Å². The number of benzene rings is 2. The Bertz CT molecular complexity index is 975. The zero-order valence-electron chi connectivity index (χ0n) is 18.4. The van der Waals surface area contributed by atoms with Crippen molar-refractivity contribution in [3.8, 4) is 0 Å². The summed E-state index contributed by atoms with van der Waals surface area (Å²) >= 11 is 0. The summed E-state index contributed by atoms with van der Waals surface area (Å²) in [6, 6.07) is 11.1. The molecule has 172 valence electrons. The SMILES string of the molecule is Cc1cc(C)c(C(=O)C(=O)OC(C(C)C(C)OC(=O)c2ccccc2)C(F)(F)F)c(C)c1. The van der Waals surface area contributed by atoms with E-state index >= 15 is 0 Å². The van der Waals surface area contributed by atoms with E-state index in [1.165, 1.54) is 19.1 Å². The molecule has 0 radical (unpaired) electrons. The summed E-state index contributed by atoms with van der Waals surface area (Å²) in [5, 5.41) is 0. The fraction of sp³-hybridized carbons (Fsp3) is 0.375. The van der Waals surface area contributed by atoms with Gasteiger partial charge in [0.1, 0.15) is 6.10 Å². The lowest BCUT2D eigenvalue weighted by molar-refractivity contribution is -0.236. The van der Waals surface area contributed by atoms with Gasteiger partial charge in [-0.05, 0) is 51.0 Å². The molecule has 0 spiro atoms. The second kappa shape index (κ2) is 9.97. The van der Waals surface area contributed by atoms with Crippen LogP contribution in [0.4, 0.5) is 13.2 Å². The lowest BCUT2D eigenvalue weighted by Crippen LogP contribution is -2.45. The predicted molar refractivity (Wildman–Crippen MR) is 111 cm³/mol. The Hall–Kier alpha value is -3.16.